The summed E-state index contributed by atoms with van der Waals surface area (Å²) in [7, 11) is -4.13. The third kappa shape index (κ3) is 5.19. The minimum Gasteiger partial charge on any atom is -0.461 e. The quantitative estimate of drug-likeness (QED) is 0.627. The molecular formula is C15H15NO5S. The zero-order valence-electron chi connectivity index (χ0n) is 11.6. The molecule has 116 valence electrons. The van der Waals surface area contributed by atoms with E-state index in [0.29, 0.717) is 5.56 Å². The molecule has 7 heteroatoms. The molecule has 0 aliphatic heterocycles. The van der Waals surface area contributed by atoms with E-state index in [1.54, 1.807) is 24.3 Å². The van der Waals surface area contributed by atoms with Gasteiger partial charge < -0.3 is 10.1 Å². The van der Waals surface area contributed by atoms with Crippen LogP contribution in [0.3, 0.4) is 0 Å². The number of rotatable bonds is 6. The summed E-state index contributed by atoms with van der Waals surface area (Å²) >= 11 is 0. The summed E-state index contributed by atoms with van der Waals surface area (Å²) in [6, 6.07) is 16.1. The van der Waals surface area contributed by atoms with Crippen molar-refractivity contribution in [3.05, 3.63) is 60.2 Å². The summed E-state index contributed by atoms with van der Waals surface area (Å²) in [4.78, 5) is 11.7. The summed E-state index contributed by atoms with van der Waals surface area (Å²) in [6.45, 7) is -0.387. The van der Waals surface area contributed by atoms with Crippen molar-refractivity contribution >= 4 is 27.5 Å². The lowest BCUT2D eigenvalue weighted by atomic mass is 10.2. The number of para-hydroxylation sites is 1. The maximum absolute atomic E-state index is 11.7. The van der Waals surface area contributed by atoms with Gasteiger partial charge in [0.2, 0.25) is 0 Å². The Balaban J connectivity index is 1.92. The summed E-state index contributed by atoms with van der Waals surface area (Å²) in [5, 5.41) is 3.17. The van der Waals surface area contributed by atoms with Crippen molar-refractivity contribution in [1.82, 2.24) is 0 Å². The SMILES string of the molecule is O=C(OCCS(=O)(=O)O)c1ccc(Nc2ccccc2)cc1. The van der Waals surface area contributed by atoms with Crippen molar-refractivity contribution in [2.24, 2.45) is 0 Å². The van der Waals surface area contributed by atoms with Gasteiger partial charge in [0.25, 0.3) is 10.1 Å². The first kappa shape index (κ1) is 16.0. The van der Waals surface area contributed by atoms with Crippen molar-refractivity contribution in [3.8, 4) is 0 Å². The minimum atomic E-state index is -4.13. The van der Waals surface area contributed by atoms with Crippen LogP contribution in [0.1, 0.15) is 10.4 Å². The van der Waals surface area contributed by atoms with Gasteiger partial charge >= 0.3 is 5.97 Å². The van der Waals surface area contributed by atoms with Gasteiger partial charge in [-0.2, -0.15) is 8.42 Å². The van der Waals surface area contributed by atoms with Crippen LogP contribution in [-0.2, 0) is 14.9 Å². The second kappa shape index (κ2) is 7.06. The van der Waals surface area contributed by atoms with Crippen molar-refractivity contribution in [3.63, 3.8) is 0 Å². The molecule has 22 heavy (non-hydrogen) atoms. The van der Waals surface area contributed by atoms with E-state index in [-0.39, 0.29) is 6.61 Å². The first-order chi connectivity index (χ1) is 10.4. The van der Waals surface area contributed by atoms with Gasteiger partial charge in [-0.05, 0) is 36.4 Å². The van der Waals surface area contributed by atoms with E-state index < -0.39 is 21.8 Å². The van der Waals surface area contributed by atoms with Gasteiger partial charge in [0, 0.05) is 11.4 Å². The van der Waals surface area contributed by atoms with Gasteiger partial charge in [-0.25, -0.2) is 4.79 Å². The lowest BCUT2D eigenvalue weighted by Crippen LogP contribution is -2.14. The molecule has 0 saturated heterocycles. The number of carbonyl (C=O) groups is 1. The number of anilines is 2. The van der Waals surface area contributed by atoms with E-state index in [1.165, 1.54) is 0 Å². The topological polar surface area (TPSA) is 92.7 Å². The molecule has 0 aliphatic rings. The molecule has 0 heterocycles. The van der Waals surface area contributed by atoms with Crippen molar-refractivity contribution in [1.29, 1.82) is 0 Å². The molecule has 2 rings (SSSR count). The Morgan fingerprint density at radius 2 is 1.59 bits per heavy atom. The molecular weight excluding hydrogens is 306 g/mol. The monoisotopic (exact) mass is 321 g/mol. The van der Waals surface area contributed by atoms with E-state index in [1.807, 2.05) is 30.3 Å². The Labute approximate surface area is 128 Å². The standard InChI is InChI=1S/C15H15NO5S/c17-15(21-10-11-22(18,19)20)12-6-8-14(9-7-12)16-13-4-2-1-3-5-13/h1-9,16H,10-11H2,(H,18,19,20). The highest BCUT2D eigenvalue weighted by Gasteiger charge is 2.10. The number of ether oxygens (including phenoxy) is 1. The molecule has 2 aromatic rings. The van der Waals surface area contributed by atoms with Crippen LogP contribution in [0.4, 0.5) is 11.4 Å². The number of nitrogens with one attached hydrogen (secondary N) is 1. The summed E-state index contributed by atoms with van der Waals surface area (Å²) < 4.78 is 34.4. The number of benzene rings is 2. The number of hydrogen-bond donors (Lipinski definition) is 2. The zero-order chi connectivity index (χ0) is 16.0. The van der Waals surface area contributed by atoms with Crippen LogP contribution in [0, 0.1) is 0 Å². The summed E-state index contributed by atoms with van der Waals surface area (Å²) in [5.41, 5.74) is 2.03. The molecule has 0 spiro atoms. The third-order valence-electron chi connectivity index (χ3n) is 2.76. The second-order valence-corrected chi connectivity index (χ2v) is 6.06. The molecule has 0 fully saturated rings. The van der Waals surface area contributed by atoms with Crippen LogP contribution in [-0.4, -0.2) is 31.3 Å². The van der Waals surface area contributed by atoms with Crippen LogP contribution in [0.5, 0.6) is 0 Å². The zero-order valence-corrected chi connectivity index (χ0v) is 12.4. The molecule has 0 aliphatic carbocycles. The lowest BCUT2D eigenvalue weighted by Gasteiger charge is -2.07. The molecule has 0 atom stereocenters. The van der Waals surface area contributed by atoms with E-state index in [2.05, 4.69) is 5.32 Å². The van der Waals surface area contributed by atoms with E-state index in [0.717, 1.165) is 11.4 Å². The third-order valence-corrected chi connectivity index (χ3v) is 3.44. The van der Waals surface area contributed by atoms with Gasteiger partial charge in [0.1, 0.15) is 12.4 Å². The molecule has 0 saturated carbocycles. The normalized spacial score (nSPS) is 11.0. The molecule has 2 N–H and O–H groups in total. The highest BCUT2D eigenvalue weighted by Crippen LogP contribution is 2.16. The predicted octanol–water partition coefficient (Wildman–Crippen LogP) is 2.47. The first-order valence-corrected chi connectivity index (χ1v) is 8.09. The largest absolute Gasteiger partial charge is 0.461 e. The van der Waals surface area contributed by atoms with Crippen molar-refractivity contribution < 1.29 is 22.5 Å². The highest BCUT2D eigenvalue weighted by molar-refractivity contribution is 7.85. The average molecular weight is 321 g/mol. The fraction of sp³-hybridized carbons (Fsp3) is 0.133. The van der Waals surface area contributed by atoms with Crippen LogP contribution in [0.15, 0.2) is 54.6 Å². The van der Waals surface area contributed by atoms with E-state index in [4.69, 9.17) is 9.29 Å². The number of carbonyl (C=O) groups excluding carboxylic acids is 1. The second-order valence-electron chi connectivity index (χ2n) is 4.49. The number of hydrogen-bond acceptors (Lipinski definition) is 5. The average Bonchev–Trinajstić information content (AvgIpc) is 2.47. The molecule has 0 bridgehead atoms. The fourth-order valence-electron chi connectivity index (χ4n) is 1.70. The van der Waals surface area contributed by atoms with Crippen LogP contribution in [0.2, 0.25) is 0 Å². The lowest BCUT2D eigenvalue weighted by molar-refractivity contribution is 0.0528. The molecule has 0 radical (unpaired) electrons. The summed E-state index contributed by atoms with van der Waals surface area (Å²) in [5.74, 6) is -1.26. The van der Waals surface area contributed by atoms with E-state index in [9.17, 15) is 13.2 Å². The van der Waals surface area contributed by atoms with Gasteiger partial charge in [-0.3, -0.25) is 4.55 Å². The summed E-state index contributed by atoms with van der Waals surface area (Å²) in [6.07, 6.45) is 0. The first-order valence-electron chi connectivity index (χ1n) is 6.48. The van der Waals surface area contributed by atoms with Gasteiger partial charge in [-0.15, -0.1) is 0 Å². The molecule has 0 aromatic heterocycles. The van der Waals surface area contributed by atoms with Crippen LogP contribution < -0.4 is 5.32 Å². The maximum Gasteiger partial charge on any atom is 0.338 e. The van der Waals surface area contributed by atoms with Crippen molar-refractivity contribution in [2.75, 3.05) is 17.7 Å². The maximum atomic E-state index is 11.7. The molecule has 0 unspecified atom stereocenters. The minimum absolute atomic E-state index is 0.300. The van der Waals surface area contributed by atoms with Crippen molar-refractivity contribution in [2.45, 2.75) is 0 Å². The molecule has 6 nitrogen and oxygen atoms in total. The van der Waals surface area contributed by atoms with Gasteiger partial charge in [0.05, 0.1) is 5.56 Å². The Kier molecular flexibility index (Phi) is 5.13. The fourth-order valence-corrected chi connectivity index (χ4v) is 1.99. The van der Waals surface area contributed by atoms with E-state index >= 15 is 0 Å². The molecule has 0 amide bonds. The Morgan fingerprint density at radius 3 is 2.18 bits per heavy atom. The number of esters is 1. The van der Waals surface area contributed by atoms with Crippen LogP contribution >= 0.6 is 0 Å². The van der Waals surface area contributed by atoms with Gasteiger partial charge in [-0.1, -0.05) is 18.2 Å². The highest BCUT2D eigenvalue weighted by atomic mass is 32.2. The smallest absolute Gasteiger partial charge is 0.338 e. The van der Waals surface area contributed by atoms with Gasteiger partial charge in [0.15, 0.2) is 0 Å². The predicted molar refractivity (Wildman–Crippen MR) is 82.9 cm³/mol. The Hall–Kier alpha value is -2.38. The molecule has 2 aromatic carbocycles. The van der Waals surface area contributed by atoms with Crippen LogP contribution in [0.25, 0.3) is 0 Å². The Bertz CT molecular complexity index is 726. The Morgan fingerprint density at radius 1 is 1.00 bits per heavy atom.